The molecule has 46 nitrogen and oxygen atoms in total. The molecule has 0 aromatic carbocycles. The SMILES string of the molecule is CCOC(=O)c1cnn2c(N(C)C(=O)OC(C)(C)C)cc(Cl)nc12.CCOC(=O)c1cnn2c(N(C)C(=O)OC(C)(C)C)cc(Nc3cc(Cl)cnc3OC3CCC3)nc12.CN(C(=O)OC(C)(C)C)c1cc(Nc2cc(Cl)cnc2OC2CCC2)nc2c(C(=O)CC3COC3)cnn12.CN(C(=O)OC(C)(C)C)c1cc(Nc2cc(Cl)cnc2OC2CCC2)nc2c(C(=O)O)cnn12.NC1COC1.Nc1cc(Cl)cnc1OC1CCC1. The number of esters is 2. The molecule has 14 heterocycles. The molecule has 6 fully saturated rings. The number of ether oxygens (including phenoxy) is 12. The molecule has 4 amide bonds. The van der Waals surface area contributed by atoms with Crippen LogP contribution in [0.3, 0.4) is 0 Å². The fourth-order valence-electron chi connectivity index (χ4n) is 14.1. The van der Waals surface area contributed by atoms with Gasteiger partial charge in [0.2, 0.25) is 23.5 Å². The fourth-order valence-corrected chi connectivity index (χ4v) is 14.9. The van der Waals surface area contributed by atoms with Crippen LogP contribution in [0.15, 0.2) is 98.1 Å². The zero-order valence-corrected chi connectivity index (χ0v) is 90.0. The Morgan fingerprint density at radius 1 is 0.400 bits per heavy atom. The first-order valence-electron chi connectivity index (χ1n) is 48.4. The number of amides is 4. The summed E-state index contributed by atoms with van der Waals surface area (Å²) in [6.07, 6.45) is 22.4. The number of carbonyl (C=O) groups is 8. The third-order valence-electron chi connectivity index (χ3n) is 22.6. The number of nitrogens with zero attached hydrogens (tertiary/aromatic N) is 20. The number of anilines is 11. The minimum absolute atomic E-state index is 0.0411. The molecule has 12 aromatic heterocycles. The molecule has 18 rings (SSSR count). The number of ketones is 1. The van der Waals surface area contributed by atoms with Gasteiger partial charge in [0.05, 0.1) is 102 Å². The number of carbonyl (C=O) groups excluding carboxylic acids is 7. The lowest BCUT2D eigenvalue weighted by Gasteiger charge is -2.27. The maximum absolute atomic E-state index is 13.1. The van der Waals surface area contributed by atoms with Crippen molar-refractivity contribution in [3.63, 3.8) is 0 Å². The van der Waals surface area contributed by atoms with Gasteiger partial charge in [-0.15, -0.1) is 0 Å². The summed E-state index contributed by atoms with van der Waals surface area (Å²) in [6.45, 7) is 27.7. The van der Waals surface area contributed by atoms with E-state index in [1.807, 2.05) is 0 Å². The molecule has 0 bridgehead atoms. The molecule has 4 saturated carbocycles. The van der Waals surface area contributed by atoms with Crippen molar-refractivity contribution < 1.29 is 100 Å². The number of halogens is 5. The summed E-state index contributed by atoms with van der Waals surface area (Å²) in [4.78, 5) is 140. The first-order valence-corrected chi connectivity index (χ1v) is 50.3. The first kappa shape index (κ1) is 113. The van der Waals surface area contributed by atoms with Gasteiger partial charge in [0.25, 0.3) is 0 Å². The molecule has 0 atom stereocenters. The molecular weight excluding hydrogens is 2050 g/mol. The van der Waals surface area contributed by atoms with E-state index in [1.54, 1.807) is 160 Å². The largest absolute Gasteiger partial charge is 0.477 e. The number of pyridine rings is 4. The van der Waals surface area contributed by atoms with Crippen LogP contribution in [0.2, 0.25) is 25.2 Å². The van der Waals surface area contributed by atoms with Crippen LogP contribution >= 0.6 is 58.0 Å². The second-order valence-corrected chi connectivity index (χ2v) is 41.6. The van der Waals surface area contributed by atoms with Crippen molar-refractivity contribution in [3.05, 3.63) is 146 Å². The van der Waals surface area contributed by atoms with E-state index in [0.717, 1.165) is 83.8 Å². The summed E-state index contributed by atoms with van der Waals surface area (Å²) in [5, 5.41) is 37.8. The Labute approximate surface area is 888 Å². The lowest BCUT2D eigenvalue weighted by molar-refractivity contribution is -0.0321. The number of nitrogens with two attached hydrogens (primary N) is 2. The maximum Gasteiger partial charge on any atom is 0.415 e. The minimum Gasteiger partial charge on any atom is -0.477 e. The van der Waals surface area contributed by atoms with Crippen molar-refractivity contribution >= 4 is 192 Å². The van der Waals surface area contributed by atoms with E-state index >= 15 is 0 Å². The number of nitrogens with one attached hydrogen (secondary N) is 3. The normalized spacial score (nSPS) is 14.6. The van der Waals surface area contributed by atoms with Gasteiger partial charge in [-0.25, -0.2) is 73.4 Å². The maximum atomic E-state index is 13.1. The van der Waals surface area contributed by atoms with Gasteiger partial charge in [0.1, 0.15) is 126 Å². The number of rotatable bonds is 26. The number of carboxylic acids is 1. The van der Waals surface area contributed by atoms with E-state index in [-0.39, 0.29) is 93.6 Å². The molecule has 150 heavy (non-hydrogen) atoms. The predicted octanol–water partition coefficient (Wildman–Crippen LogP) is 19.1. The minimum atomic E-state index is -1.20. The lowest BCUT2D eigenvalue weighted by atomic mass is 9.96. The van der Waals surface area contributed by atoms with Crippen molar-refractivity contribution in [2.24, 2.45) is 11.7 Å². The van der Waals surface area contributed by atoms with Crippen LogP contribution in [0.25, 0.3) is 22.6 Å². The van der Waals surface area contributed by atoms with Gasteiger partial charge < -0.3 is 89.4 Å². The van der Waals surface area contributed by atoms with E-state index < -0.39 is 64.7 Å². The van der Waals surface area contributed by atoms with Gasteiger partial charge in [0, 0.05) is 89.6 Å². The third-order valence-corrected chi connectivity index (χ3v) is 23.6. The molecule has 0 unspecified atom stereocenters. The summed E-state index contributed by atoms with van der Waals surface area (Å²) < 4.78 is 70.9. The highest BCUT2D eigenvalue weighted by Gasteiger charge is 2.36. The highest BCUT2D eigenvalue weighted by molar-refractivity contribution is 6.32. The summed E-state index contributed by atoms with van der Waals surface area (Å²) in [6, 6.07) is 13.3. The van der Waals surface area contributed by atoms with Gasteiger partial charge in [-0.2, -0.15) is 38.5 Å². The van der Waals surface area contributed by atoms with Gasteiger partial charge in [-0.05, 0) is 198 Å². The van der Waals surface area contributed by atoms with Crippen LogP contribution in [0.1, 0.15) is 222 Å². The van der Waals surface area contributed by atoms with E-state index in [0.29, 0.717) is 138 Å². The molecule has 2 saturated heterocycles. The fraction of sp³-hybridized carbons (Fsp3) is 0.475. The van der Waals surface area contributed by atoms with Gasteiger partial charge >= 0.3 is 42.3 Å². The van der Waals surface area contributed by atoms with Crippen molar-refractivity contribution in [3.8, 4) is 23.5 Å². The van der Waals surface area contributed by atoms with Crippen molar-refractivity contribution in [2.45, 2.75) is 233 Å². The first-order chi connectivity index (χ1) is 70.9. The second kappa shape index (κ2) is 49.2. The number of aromatic carboxylic acids is 1. The van der Waals surface area contributed by atoms with Crippen LogP contribution in [-0.4, -0.2) is 252 Å². The molecule has 0 radical (unpaired) electrons. The molecule has 8 N–H and O–H groups in total. The summed E-state index contributed by atoms with van der Waals surface area (Å²) in [5.74, 6) is 1.49. The number of hydrogen-bond acceptors (Lipinski definition) is 37. The van der Waals surface area contributed by atoms with Crippen LogP contribution in [0.4, 0.5) is 82.7 Å². The molecule has 804 valence electrons. The standard InChI is InChI=1S/C26H31ClN6O5.C24H29ClN6O5.C22H25ClN6O5.C15H19ClN4O4.C9H11ClN2O.C3H7NO/c1-26(2,3)38-25(35)32(4)22-10-21(30-19-9-16(27)11-28-24(19)37-17-6-5-7-17)31-23-18(12-29-33(22)23)20(34)8-15-13-36-14-15;1-6-34-22(32)16-13-27-31-19(30(5)23(33)36-24(2,3)4)11-18(29-20(16)31)28-17-10-14(25)12-26-21(17)35-15-8-7-9-15;1-22(2,3)34-21(32)28(4)17-9-16(27-18-14(20(30)31)11-25-29(17)18)26-15-8-12(23)10-24-19(15)33-13-6-5-7-13;1-6-23-13(21)9-8-17-20-11(7-10(16)18-12(9)20)19(5)14(22)24-15(2,3)4;10-6-4-8(11)9(12-5-6)13-7-2-1-3-7;4-3-1-5-2-3/h9-12,15,17H,5-8,13-14H2,1-4H3,(H,30,31);10-13,15H,6-9H2,1-5H3,(H,28,29);8-11,13H,5-7H2,1-4H3,(H,26,27)(H,30,31);7-8H,6H2,1-5H3;4-5,7H,1-3,11H2;3H,1-2,4H2. The predicted molar refractivity (Wildman–Crippen MR) is 561 cm³/mol. The third kappa shape index (κ3) is 30.2. The average Bonchev–Trinajstić information content (AvgIpc) is 1.62. The van der Waals surface area contributed by atoms with E-state index in [4.69, 9.17) is 131 Å². The Morgan fingerprint density at radius 2 is 0.680 bits per heavy atom. The van der Waals surface area contributed by atoms with E-state index in [2.05, 4.69) is 71.2 Å². The van der Waals surface area contributed by atoms with E-state index in [1.165, 1.54) is 108 Å². The Morgan fingerprint density at radius 3 is 0.960 bits per heavy atom. The molecule has 4 aliphatic carbocycles. The quantitative estimate of drug-likeness (QED) is 0.0127. The van der Waals surface area contributed by atoms with Gasteiger partial charge in [-0.3, -0.25) is 24.4 Å². The average molecular weight is 2180 g/mol. The molecular formula is C99H122Cl5N25O21. The number of carboxylic acid groups (broad SMARTS) is 1. The molecule has 0 spiro atoms. The highest BCUT2D eigenvalue weighted by atomic mass is 35.5. The van der Waals surface area contributed by atoms with Crippen molar-refractivity contribution in [1.82, 2.24) is 78.3 Å². The summed E-state index contributed by atoms with van der Waals surface area (Å²) >= 11 is 30.3. The highest BCUT2D eigenvalue weighted by Crippen LogP contribution is 2.41. The number of Topliss-reactive ketones (excluding diaryl/α,β-unsaturated/α-hetero) is 1. The Balaban J connectivity index is 0.000000159. The number of nitrogen functional groups attached to an aromatic ring is 1. The lowest BCUT2D eigenvalue weighted by Crippen LogP contribution is -2.41. The van der Waals surface area contributed by atoms with Crippen LogP contribution < -0.4 is 66.0 Å². The van der Waals surface area contributed by atoms with Crippen molar-refractivity contribution in [2.75, 3.05) is 109 Å². The smallest absolute Gasteiger partial charge is 0.415 e. The topological polar surface area (TPSA) is 541 Å². The second-order valence-electron chi connectivity index (χ2n) is 39.5. The molecule has 6 aliphatic rings. The Hall–Kier alpha value is -14.0. The molecule has 51 heteroatoms. The number of aromatic nitrogens is 16. The Bertz CT molecular complexity index is 6880. The summed E-state index contributed by atoms with van der Waals surface area (Å²) in [5.41, 5.74) is 11.4. The van der Waals surface area contributed by atoms with Crippen LogP contribution in [0.5, 0.6) is 23.5 Å². The number of hydrogen-bond donors (Lipinski definition) is 6. The van der Waals surface area contributed by atoms with Crippen LogP contribution in [-0.2, 0) is 37.9 Å². The van der Waals surface area contributed by atoms with Crippen LogP contribution in [0, 0.1) is 5.92 Å². The monoisotopic (exact) mass is 2170 g/mol. The Kier molecular flexibility index (Phi) is 37.1. The zero-order valence-electron chi connectivity index (χ0n) is 86.2. The molecule has 12 aromatic rings. The van der Waals surface area contributed by atoms with Gasteiger partial charge in [-0.1, -0.05) is 58.0 Å². The number of fused-ring (bicyclic) bond motifs is 4. The molecule has 2 aliphatic heterocycles. The van der Waals surface area contributed by atoms with E-state index in [9.17, 15) is 43.5 Å². The van der Waals surface area contributed by atoms with Gasteiger partial charge in [0.15, 0.2) is 28.4 Å². The zero-order chi connectivity index (χ0) is 109. The van der Waals surface area contributed by atoms with Crippen molar-refractivity contribution in [1.29, 1.82) is 0 Å². The summed E-state index contributed by atoms with van der Waals surface area (Å²) in [7, 11) is 6.14.